The van der Waals surface area contributed by atoms with E-state index in [1.165, 1.54) is 10.0 Å². The molecule has 0 aromatic heterocycles. The third-order valence-electron chi connectivity index (χ3n) is 3.27. The Morgan fingerprint density at radius 1 is 1.05 bits per heavy atom. The van der Waals surface area contributed by atoms with Gasteiger partial charge in [0.1, 0.15) is 5.75 Å². The number of hydrogen-bond acceptors (Lipinski definition) is 2. The van der Waals surface area contributed by atoms with Gasteiger partial charge in [-0.05, 0) is 37.2 Å². The minimum Gasteiger partial charge on any atom is -0.494 e. The summed E-state index contributed by atoms with van der Waals surface area (Å²) in [4.78, 5) is 0. The van der Waals surface area contributed by atoms with Crippen LogP contribution in [0.4, 0.5) is 0 Å². The Morgan fingerprint density at radius 2 is 1.75 bits per heavy atom. The lowest BCUT2D eigenvalue weighted by molar-refractivity contribution is 0.296. The van der Waals surface area contributed by atoms with E-state index in [1.54, 1.807) is 0 Å². The fourth-order valence-corrected chi connectivity index (χ4v) is 2.86. The predicted molar refractivity (Wildman–Crippen MR) is 87.4 cm³/mol. The lowest BCUT2D eigenvalue weighted by atomic mass is 9.96. The van der Waals surface area contributed by atoms with E-state index in [0.29, 0.717) is 5.92 Å². The number of hydrogen-bond donors (Lipinski definition) is 1. The van der Waals surface area contributed by atoms with E-state index in [0.717, 1.165) is 25.3 Å². The van der Waals surface area contributed by atoms with Crippen LogP contribution in [0.3, 0.4) is 0 Å². The maximum Gasteiger partial charge on any atom is 0.119 e. The molecule has 0 saturated carbocycles. The second kappa shape index (κ2) is 8.08. The van der Waals surface area contributed by atoms with E-state index < -0.39 is 0 Å². The molecule has 0 saturated heterocycles. The van der Waals surface area contributed by atoms with Crippen LogP contribution in [0.5, 0.6) is 5.75 Å². The van der Waals surface area contributed by atoms with E-state index in [2.05, 4.69) is 39.4 Å². The maximum atomic E-state index is 5.80. The molecular formula is C17H20BrNO. The summed E-state index contributed by atoms with van der Waals surface area (Å²) in [6.45, 7) is 1.67. The van der Waals surface area contributed by atoms with Crippen molar-refractivity contribution in [3.63, 3.8) is 0 Å². The SMILES string of the molecule is CNCC(CCOc1ccccc1)c1ccccc1Br. The lowest BCUT2D eigenvalue weighted by Crippen LogP contribution is -2.19. The van der Waals surface area contributed by atoms with Crippen LogP contribution in [0.1, 0.15) is 17.9 Å². The summed E-state index contributed by atoms with van der Waals surface area (Å²) in [5, 5.41) is 3.27. The zero-order chi connectivity index (χ0) is 14.2. The van der Waals surface area contributed by atoms with Gasteiger partial charge >= 0.3 is 0 Å². The van der Waals surface area contributed by atoms with Crippen molar-refractivity contribution >= 4 is 15.9 Å². The summed E-state index contributed by atoms with van der Waals surface area (Å²) < 4.78 is 6.97. The van der Waals surface area contributed by atoms with Crippen molar-refractivity contribution in [2.45, 2.75) is 12.3 Å². The molecule has 1 N–H and O–H groups in total. The molecular weight excluding hydrogens is 314 g/mol. The van der Waals surface area contributed by atoms with Crippen molar-refractivity contribution in [1.82, 2.24) is 5.32 Å². The Hall–Kier alpha value is -1.32. The quantitative estimate of drug-likeness (QED) is 0.818. The van der Waals surface area contributed by atoms with Gasteiger partial charge in [-0.25, -0.2) is 0 Å². The molecule has 0 aliphatic rings. The average molecular weight is 334 g/mol. The minimum absolute atomic E-state index is 0.444. The molecule has 2 aromatic carbocycles. The molecule has 0 amide bonds. The Labute approximate surface area is 129 Å². The predicted octanol–water partition coefficient (Wildman–Crippen LogP) is 4.22. The number of benzene rings is 2. The lowest BCUT2D eigenvalue weighted by Gasteiger charge is -2.18. The number of halogens is 1. The highest BCUT2D eigenvalue weighted by molar-refractivity contribution is 9.10. The Balaban J connectivity index is 1.95. The molecule has 0 radical (unpaired) electrons. The topological polar surface area (TPSA) is 21.3 Å². The molecule has 0 aliphatic heterocycles. The summed E-state index contributed by atoms with van der Waals surface area (Å²) in [6.07, 6.45) is 0.984. The summed E-state index contributed by atoms with van der Waals surface area (Å²) in [7, 11) is 1.99. The van der Waals surface area contributed by atoms with Crippen LogP contribution in [0, 0.1) is 0 Å². The average Bonchev–Trinajstić information content (AvgIpc) is 2.48. The molecule has 0 bridgehead atoms. The Kier molecular flexibility index (Phi) is 6.09. The first-order chi connectivity index (χ1) is 9.81. The Morgan fingerprint density at radius 3 is 2.45 bits per heavy atom. The van der Waals surface area contributed by atoms with Crippen LogP contribution < -0.4 is 10.1 Å². The monoisotopic (exact) mass is 333 g/mol. The van der Waals surface area contributed by atoms with Crippen molar-refractivity contribution < 1.29 is 4.74 Å². The van der Waals surface area contributed by atoms with Crippen LogP contribution in [0.25, 0.3) is 0 Å². The van der Waals surface area contributed by atoms with Crippen molar-refractivity contribution in [2.75, 3.05) is 20.2 Å². The first-order valence-electron chi connectivity index (χ1n) is 6.88. The molecule has 0 heterocycles. The van der Waals surface area contributed by atoms with Crippen molar-refractivity contribution in [2.24, 2.45) is 0 Å². The summed E-state index contributed by atoms with van der Waals surface area (Å²) in [5.41, 5.74) is 1.33. The van der Waals surface area contributed by atoms with Gasteiger partial charge in [-0.3, -0.25) is 0 Å². The highest BCUT2D eigenvalue weighted by Crippen LogP contribution is 2.27. The molecule has 0 fully saturated rings. The fraction of sp³-hybridized carbons (Fsp3) is 0.294. The fourth-order valence-electron chi connectivity index (χ4n) is 2.26. The second-order valence-corrected chi connectivity index (χ2v) is 5.58. The molecule has 2 aromatic rings. The third kappa shape index (κ3) is 4.36. The molecule has 106 valence electrons. The maximum absolute atomic E-state index is 5.80. The van der Waals surface area contributed by atoms with Gasteiger partial charge in [0.15, 0.2) is 0 Å². The number of nitrogens with one attached hydrogen (secondary N) is 1. The standard InChI is InChI=1S/C17H20BrNO/c1-19-13-14(16-9-5-6-10-17(16)18)11-12-20-15-7-3-2-4-8-15/h2-10,14,19H,11-13H2,1H3. The molecule has 1 unspecified atom stereocenters. The van der Waals surface area contributed by atoms with Crippen LogP contribution in [0.15, 0.2) is 59.1 Å². The van der Waals surface area contributed by atoms with Crippen molar-refractivity contribution in [1.29, 1.82) is 0 Å². The number of ether oxygens (including phenoxy) is 1. The van der Waals surface area contributed by atoms with Crippen LogP contribution in [0.2, 0.25) is 0 Å². The van der Waals surface area contributed by atoms with Gasteiger partial charge in [0.2, 0.25) is 0 Å². The van der Waals surface area contributed by atoms with Gasteiger partial charge in [0.05, 0.1) is 6.61 Å². The van der Waals surface area contributed by atoms with Gasteiger partial charge in [0.25, 0.3) is 0 Å². The van der Waals surface area contributed by atoms with E-state index >= 15 is 0 Å². The zero-order valence-corrected chi connectivity index (χ0v) is 13.3. The van der Waals surface area contributed by atoms with E-state index in [1.807, 2.05) is 43.4 Å². The minimum atomic E-state index is 0.444. The highest BCUT2D eigenvalue weighted by atomic mass is 79.9. The van der Waals surface area contributed by atoms with E-state index in [9.17, 15) is 0 Å². The molecule has 1 atom stereocenters. The smallest absolute Gasteiger partial charge is 0.119 e. The number of rotatable bonds is 7. The van der Waals surface area contributed by atoms with E-state index in [-0.39, 0.29) is 0 Å². The van der Waals surface area contributed by atoms with Gasteiger partial charge in [0, 0.05) is 16.9 Å². The largest absolute Gasteiger partial charge is 0.494 e. The second-order valence-electron chi connectivity index (χ2n) is 4.73. The first kappa shape index (κ1) is 15.1. The molecule has 2 rings (SSSR count). The molecule has 20 heavy (non-hydrogen) atoms. The molecule has 2 nitrogen and oxygen atoms in total. The third-order valence-corrected chi connectivity index (χ3v) is 4.00. The normalized spacial score (nSPS) is 12.1. The highest BCUT2D eigenvalue weighted by Gasteiger charge is 2.13. The van der Waals surface area contributed by atoms with Crippen LogP contribution in [-0.2, 0) is 0 Å². The summed E-state index contributed by atoms with van der Waals surface area (Å²) >= 11 is 3.64. The summed E-state index contributed by atoms with van der Waals surface area (Å²) in [6, 6.07) is 18.4. The number of likely N-dealkylation sites (N-methyl/N-ethyl adjacent to an activating group) is 1. The van der Waals surface area contributed by atoms with Gasteiger partial charge in [-0.15, -0.1) is 0 Å². The summed E-state index contributed by atoms with van der Waals surface area (Å²) in [5.74, 6) is 1.38. The molecule has 3 heteroatoms. The van der Waals surface area contributed by atoms with Gasteiger partial charge in [-0.1, -0.05) is 52.3 Å². The zero-order valence-electron chi connectivity index (χ0n) is 11.7. The number of para-hydroxylation sites is 1. The van der Waals surface area contributed by atoms with Gasteiger partial charge in [-0.2, -0.15) is 0 Å². The van der Waals surface area contributed by atoms with Gasteiger partial charge < -0.3 is 10.1 Å². The van der Waals surface area contributed by atoms with Crippen molar-refractivity contribution in [3.05, 3.63) is 64.6 Å². The van der Waals surface area contributed by atoms with Crippen LogP contribution >= 0.6 is 15.9 Å². The molecule has 0 aliphatic carbocycles. The molecule has 0 spiro atoms. The van der Waals surface area contributed by atoms with E-state index in [4.69, 9.17) is 4.74 Å². The van der Waals surface area contributed by atoms with Crippen LogP contribution in [-0.4, -0.2) is 20.2 Å². The Bertz CT molecular complexity index is 515. The first-order valence-corrected chi connectivity index (χ1v) is 7.67. The van der Waals surface area contributed by atoms with Crippen molar-refractivity contribution in [3.8, 4) is 5.75 Å².